The molecule has 3 fully saturated rings. The van der Waals surface area contributed by atoms with E-state index in [-0.39, 0.29) is 11.9 Å². The second-order valence-corrected chi connectivity index (χ2v) is 9.84. The quantitative estimate of drug-likeness (QED) is 0.445. The third-order valence-corrected chi connectivity index (χ3v) is 7.18. The van der Waals surface area contributed by atoms with Gasteiger partial charge in [0.15, 0.2) is 22.8 Å². The van der Waals surface area contributed by atoms with E-state index in [2.05, 4.69) is 29.7 Å². The van der Waals surface area contributed by atoms with Crippen molar-refractivity contribution in [2.75, 3.05) is 81.6 Å². The lowest BCUT2D eigenvalue weighted by atomic mass is 10.3. The van der Waals surface area contributed by atoms with E-state index in [1.807, 2.05) is 4.90 Å². The summed E-state index contributed by atoms with van der Waals surface area (Å²) in [6.45, 7) is 6.77. The number of morpholine rings is 1. The van der Waals surface area contributed by atoms with Gasteiger partial charge in [0.1, 0.15) is 0 Å². The van der Waals surface area contributed by atoms with Crippen LogP contribution in [-0.2, 0) is 16.1 Å². The SMILES string of the molecule is CNCC(=O)N1CCN(c2nc3c(N4CCOCC4)nc(-c4cnc(N)nc4)nc3n2CC2CC2)CC1. The molecule has 0 atom stereocenters. The number of nitrogens with one attached hydrogen (secondary N) is 1. The van der Waals surface area contributed by atoms with Crippen molar-refractivity contribution >= 4 is 34.8 Å². The van der Waals surface area contributed by atoms with Gasteiger partial charge in [-0.3, -0.25) is 9.36 Å². The first kappa shape index (κ1) is 23.8. The van der Waals surface area contributed by atoms with Crippen LogP contribution in [0.3, 0.4) is 0 Å². The van der Waals surface area contributed by atoms with Crippen LogP contribution in [0.2, 0.25) is 0 Å². The first-order chi connectivity index (χ1) is 18.1. The van der Waals surface area contributed by atoms with E-state index in [0.29, 0.717) is 50.2 Å². The zero-order valence-electron chi connectivity index (χ0n) is 21.1. The highest BCUT2D eigenvalue weighted by Gasteiger charge is 2.31. The Morgan fingerprint density at radius 1 is 1.03 bits per heavy atom. The lowest BCUT2D eigenvalue weighted by Gasteiger charge is -2.35. The fraction of sp³-hybridized carbons (Fsp3) is 0.583. The number of aromatic nitrogens is 6. The number of nitrogen functional groups attached to an aromatic ring is 1. The van der Waals surface area contributed by atoms with E-state index in [9.17, 15) is 4.79 Å². The summed E-state index contributed by atoms with van der Waals surface area (Å²) in [7, 11) is 1.80. The molecule has 13 heteroatoms. The van der Waals surface area contributed by atoms with E-state index in [4.69, 9.17) is 25.4 Å². The van der Waals surface area contributed by atoms with Crippen molar-refractivity contribution in [1.82, 2.24) is 39.7 Å². The Bertz CT molecular complexity index is 1260. The zero-order valence-corrected chi connectivity index (χ0v) is 21.1. The van der Waals surface area contributed by atoms with Gasteiger partial charge in [-0.2, -0.15) is 0 Å². The Morgan fingerprint density at radius 2 is 1.76 bits per heavy atom. The number of carbonyl (C=O) groups is 1. The second-order valence-electron chi connectivity index (χ2n) is 9.84. The standard InChI is InChI=1S/C24H33N11O2/c1-26-14-18(36)32-4-6-34(7-5-32)24-29-19-21(33-8-10-37-11-9-33)30-20(17-12-27-23(25)28-13-17)31-22(19)35(24)15-16-2-3-16/h12-13,16,26H,2-11,14-15H2,1H3,(H2,25,27,28). The first-order valence-electron chi connectivity index (χ1n) is 13.0. The van der Waals surface area contributed by atoms with Crippen LogP contribution in [-0.4, -0.2) is 106 Å². The number of carbonyl (C=O) groups excluding carboxylic acids is 1. The summed E-state index contributed by atoms with van der Waals surface area (Å²) in [5, 5.41) is 2.96. The number of piperazine rings is 1. The van der Waals surface area contributed by atoms with Crippen molar-refractivity contribution in [3.05, 3.63) is 12.4 Å². The molecule has 2 saturated heterocycles. The van der Waals surface area contributed by atoms with Gasteiger partial charge >= 0.3 is 0 Å². The van der Waals surface area contributed by atoms with Crippen LogP contribution < -0.4 is 20.9 Å². The third-order valence-electron chi connectivity index (χ3n) is 7.18. The summed E-state index contributed by atoms with van der Waals surface area (Å²) in [4.78, 5) is 42.2. The average molecular weight is 508 g/mol. The molecule has 37 heavy (non-hydrogen) atoms. The summed E-state index contributed by atoms with van der Waals surface area (Å²) in [5.41, 5.74) is 8.05. The Hall–Kier alpha value is -3.58. The van der Waals surface area contributed by atoms with E-state index in [0.717, 1.165) is 55.7 Å². The van der Waals surface area contributed by atoms with E-state index < -0.39 is 0 Å². The molecule has 6 rings (SSSR count). The van der Waals surface area contributed by atoms with Crippen LogP contribution in [0.5, 0.6) is 0 Å². The number of amides is 1. The van der Waals surface area contributed by atoms with Crippen LogP contribution in [0.1, 0.15) is 12.8 Å². The maximum absolute atomic E-state index is 12.4. The minimum atomic E-state index is 0.129. The number of imidazole rings is 1. The van der Waals surface area contributed by atoms with Gasteiger partial charge in [-0.15, -0.1) is 0 Å². The van der Waals surface area contributed by atoms with Crippen molar-refractivity contribution in [3.63, 3.8) is 0 Å². The largest absolute Gasteiger partial charge is 0.378 e. The van der Waals surface area contributed by atoms with E-state index in [1.54, 1.807) is 19.4 Å². The fourth-order valence-corrected chi connectivity index (χ4v) is 4.94. The second kappa shape index (κ2) is 10.1. The molecule has 0 bridgehead atoms. The summed E-state index contributed by atoms with van der Waals surface area (Å²) in [6.07, 6.45) is 5.75. The molecule has 0 unspecified atom stereocenters. The van der Waals surface area contributed by atoms with Crippen molar-refractivity contribution < 1.29 is 9.53 Å². The predicted octanol–water partition coefficient (Wildman–Crippen LogP) is -0.0199. The maximum atomic E-state index is 12.4. The van der Waals surface area contributed by atoms with Crippen LogP contribution in [0.25, 0.3) is 22.6 Å². The normalized spacial score (nSPS) is 18.6. The number of ether oxygens (including phenoxy) is 1. The molecule has 1 amide bonds. The summed E-state index contributed by atoms with van der Waals surface area (Å²) in [5.74, 6) is 3.23. The molecule has 3 aromatic rings. The number of hydrogen-bond donors (Lipinski definition) is 2. The number of fused-ring (bicyclic) bond motifs is 1. The van der Waals surface area contributed by atoms with Crippen LogP contribution in [0, 0.1) is 5.92 Å². The number of likely N-dealkylation sites (N-methyl/N-ethyl adjacent to an activating group) is 1. The molecule has 0 spiro atoms. The molecule has 13 nitrogen and oxygen atoms in total. The minimum Gasteiger partial charge on any atom is -0.378 e. The molecule has 0 radical (unpaired) electrons. The first-order valence-corrected chi connectivity index (χ1v) is 13.0. The molecule has 196 valence electrons. The molecule has 1 saturated carbocycles. The third kappa shape index (κ3) is 4.88. The average Bonchev–Trinajstić information content (AvgIpc) is 3.69. The molecule has 5 heterocycles. The predicted molar refractivity (Wildman–Crippen MR) is 139 cm³/mol. The van der Waals surface area contributed by atoms with Gasteiger partial charge in [-0.1, -0.05) is 0 Å². The van der Waals surface area contributed by atoms with Crippen molar-refractivity contribution in [2.24, 2.45) is 5.92 Å². The lowest BCUT2D eigenvalue weighted by Crippen LogP contribution is -2.51. The van der Waals surface area contributed by atoms with Gasteiger partial charge in [0.05, 0.1) is 25.3 Å². The molecule has 3 aliphatic rings. The van der Waals surface area contributed by atoms with E-state index in [1.165, 1.54) is 12.8 Å². The molecule has 1 aliphatic carbocycles. The van der Waals surface area contributed by atoms with Crippen LogP contribution in [0.15, 0.2) is 12.4 Å². The van der Waals surface area contributed by atoms with Crippen LogP contribution in [0.4, 0.5) is 17.7 Å². The highest BCUT2D eigenvalue weighted by atomic mass is 16.5. The van der Waals surface area contributed by atoms with Crippen LogP contribution >= 0.6 is 0 Å². The lowest BCUT2D eigenvalue weighted by molar-refractivity contribution is -0.130. The summed E-state index contributed by atoms with van der Waals surface area (Å²) in [6, 6.07) is 0. The molecule has 3 N–H and O–H groups in total. The number of hydrogen-bond acceptors (Lipinski definition) is 11. The monoisotopic (exact) mass is 507 g/mol. The van der Waals surface area contributed by atoms with Gasteiger partial charge < -0.3 is 30.5 Å². The Balaban J connectivity index is 1.42. The van der Waals surface area contributed by atoms with Gasteiger partial charge in [-0.25, -0.2) is 24.9 Å². The smallest absolute Gasteiger partial charge is 0.236 e. The summed E-state index contributed by atoms with van der Waals surface area (Å²) >= 11 is 0. The topological polar surface area (TPSA) is 143 Å². The molecule has 0 aromatic carbocycles. The number of rotatable bonds is 7. The molecule has 3 aromatic heterocycles. The fourth-order valence-electron chi connectivity index (χ4n) is 4.94. The highest BCUT2D eigenvalue weighted by molar-refractivity contribution is 5.88. The number of nitrogens with zero attached hydrogens (tertiary/aromatic N) is 9. The van der Waals surface area contributed by atoms with Gasteiger partial charge in [-0.05, 0) is 25.8 Å². The Morgan fingerprint density at radius 3 is 2.43 bits per heavy atom. The number of nitrogens with two attached hydrogens (primary N) is 1. The van der Waals surface area contributed by atoms with Gasteiger partial charge in [0, 0.05) is 58.2 Å². The number of anilines is 3. The molecular formula is C24H33N11O2. The van der Waals surface area contributed by atoms with Gasteiger partial charge in [0.2, 0.25) is 17.8 Å². The molecular weight excluding hydrogens is 474 g/mol. The van der Waals surface area contributed by atoms with Crippen molar-refractivity contribution in [2.45, 2.75) is 19.4 Å². The van der Waals surface area contributed by atoms with Gasteiger partial charge in [0.25, 0.3) is 0 Å². The molecule has 2 aliphatic heterocycles. The maximum Gasteiger partial charge on any atom is 0.236 e. The Labute approximate surface area is 215 Å². The van der Waals surface area contributed by atoms with Crippen molar-refractivity contribution in [3.8, 4) is 11.4 Å². The van der Waals surface area contributed by atoms with Crippen molar-refractivity contribution in [1.29, 1.82) is 0 Å². The Kier molecular flexibility index (Phi) is 6.47. The van der Waals surface area contributed by atoms with E-state index >= 15 is 0 Å². The minimum absolute atomic E-state index is 0.129. The zero-order chi connectivity index (χ0) is 25.4. The highest BCUT2D eigenvalue weighted by Crippen LogP contribution is 2.36. The summed E-state index contributed by atoms with van der Waals surface area (Å²) < 4.78 is 7.86.